The molecule has 0 saturated carbocycles. The van der Waals surface area contributed by atoms with E-state index in [-0.39, 0.29) is 23.7 Å². The largest absolute Gasteiger partial charge is 0.481 e. The molecule has 3 aromatic rings. The maximum absolute atomic E-state index is 13.1. The number of likely N-dealkylation sites (N-methyl/N-ethyl adjacent to an activating group) is 1. The molecule has 174 valence electrons. The van der Waals surface area contributed by atoms with Crippen LogP contribution in [-0.2, 0) is 6.54 Å². The number of nitrogens with zero attached hydrogens (tertiary/aromatic N) is 3. The van der Waals surface area contributed by atoms with E-state index < -0.39 is 0 Å². The third kappa shape index (κ3) is 3.97. The predicted octanol–water partition coefficient (Wildman–Crippen LogP) is 3.53. The summed E-state index contributed by atoms with van der Waals surface area (Å²) in [5.74, 6) is 0.670. The van der Waals surface area contributed by atoms with Crippen molar-refractivity contribution in [3.8, 4) is 5.88 Å². The summed E-state index contributed by atoms with van der Waals surface area (Å²) < 4.78 is 5.20. The highest BCUT2D eigenvalue weighted by Crippen LogP contribution is 2.36. The van der Waals surface area contributed by atoms with Crippen LogP contribution in [0, 0.1) is 5.41 Å². The maximum atomic E-state index is 13.1. The number of carbonyl (C=O) groups is 1. The number of hydrogen-bond acceptors (Lipinski definition) is 6. The quantitative estimate of drug-likeness (QED) is 0.402. The molecule has 2 aliphatic heterocycles. The molecule has 1 aromatic heterocycles. The minimum Gasteiger partial charge on any atom is -0.481 e. The Morgan fingerprint density at radius 3 is 2.74 bits per heavy atom. The first kappa shape index (κ1) is 21.9. The van der Waals surface area contributed by atoms with Gasteiger partial charge in [0.2, 0.25) is 5.88 Å². The van der Waals surface area contributed by atoms with Gasteiger partial charge in [-0.3, -0.25) is 5.41 Å². The number of nitrogen functional groups attached to an aromatic ring is 1. The molecule has 0 spiro atoms. The van der Waals surface area contributed by atoms with Crippen molar-refractivity contribution in [2.24, 2.45) is 0 Å². The molecular formula is C26H28N6O2. The Kier molecular flexibility index (Phi) is 5.67. The van der Waals surface area contributed by atoms with Gasteiger partial charge in [0.05, 0.1) is 18.9 Å². The summed E-state index contributed by atoms with van der Waals surface area (Å²) in [5.41, 5.74) is 11.2. The molecule has 0 bridgehead atoms. The fourth-order valence-electron chi connectivity index (χ4n) is 4.99. The number of nitrogens with one attached hydrogen (secondary N) is 2. The van der Waals surface area contributed by atoms with Crippen molar-refractivity contribution < 1.29 is 9.53 Å². The third-order valence-corrected chi connectivity index (χ3v) is 6.72. The number of fused-ring (bicyclic) bond motifs is 1. The van der Waals surface area contributed by atoms with Gasteiger partial charge < -0.3 is 25.6 Å². The third-order valence-electron chi connectivity index (χ3n) is 6.72. The number of ether oxygens (including phenoxy) is 1. The summed E-state index contributed by atoms with van der Waals surface area (Å²) in [6, 6.07) is 17.5. The van der Waals surface area contributed by atoms with E-state index >= 15 is 0 Å². The van der Waals surface area contributed by atoms with Crippen molar-refractivity contribution in [1.29, 1.82) is 5.41 Å². The number of likely N-dealkylation sites (tertiary alicyclic amines) is 1. The SMILES string of the molecule is COc1cc(C(=N)c2cc3c(cc2N)NC(=O)N([C@@H]2CN(C)C[C@H]2c2ccccc2)C3)ccn1. The number of amides is 2. The molecule has 34 heavy (non-hydrogen) atoms. The fraction of sp³-hybridized carbons (Fsp3) is 0.269. The van der Waals surface area contributed by atoms with Crippen LogP contribution in [-0.4, -0.2) is 59.8 Å². The molecule has 4 N–H and O–H groups in total. The highest BCUT2D eigenvalue weighted by Gasteiger charge is 2.40. The number of methoxy groups -OCH3 is 1. The summed E-state index contributed by atoms with van der Waals surface area (Å²) in [4.78, 5) is 21.5. The van der Waals surface area contributed by atoms with Gasteiger partial charge in [-0.25, -0.2) is 9.78 Å². The molecule has 2 aromatic carbocycles. The van der Waals surface area contributed by atoms with E-state index in [0.717, 1.165) is 18.7 Å². The smallest absolute Gasteiger partial charge is 0.322 e. The molecule has 1 fully saturated rings. The second kappa shape index (κ2) is 8.79. The number of hydrogen-bond donors (Lipinski definition) is 3. The number of rotatable bonds is 5. The van der Waals surface area contributed by atoms with Crippen molar-refractivity contribution in [2.45, 2.75) is 18.5 Å². The number of urea groups is 1. The first-order chi connectivity index (χ1) is 16.4. The lowest BCUT2D eigenvalue weighted by Crippen LogP contribution is -2.48. The van der Waals surface area contributed by atoms with Crippen molar-refractivity contribution in [2.75, 3.05) is 38.3 Å². The van der Waals surface area contributed by atoms with E-state index in [0.29, 0.717) is 34.9 Å². The number of pyridine rings is 1. The van der Waals surface area contributed by atoms with E-state index in [9.17, 15) is 4.79 Å². The van der Waals surface area contributed by atoms with E-state index in [2.05, 4.69) is 34.4 Å². The summed E-state index contributed by atoms with van der Waals surface area (Å²) in [7, 11) is 3.64. The predicted molar refractivity (Wildman–Crippen MR) is 133 cm³/mol. The van der Waals surface area contributed by atoms with Gasteiger partial charge in [-0.05, 0) is 36.4 Å². The summed E-state index contributed by atoms with van der Waals surface area (Å²) in [6.07, 6.45) is 1.61. The van der Waals surface area contributed by atoms with Gasteiger partial charge in [-0.15, -0.1) is 0 Å². The van der Waals surface area contributed by atoms with Crippen LogP contribution in [0.5, 0.6) is 5.88 Å². The summed E-state index contributed by atoms with van der Waals surface area (Å²) >= 11 is 0. The number of carbonyl (C=O) groups excluding carboxylic acids is 1. The van der Waals surface area contributed by atoms with Crippen LogP contribution in [0.2, 0.25) is 0 Å². The van der Waals surface area contributed by atoms with Gasteiger partial charge in [0, 0.05) is 60.3 Å². The zero-order valence-corrected chi connectivity index (χ0v) is 19.3. The van der Waals surface area contributed by atoms with Crippen LogP contribution in [0.25, 0.3) is 0 Å². The van der Waals surface area contributed by atoms with Crippen molar-refractivity contribution in [3.05, 3.63) is 83.0 Å². The Labute approximate surface area is 198 Å². The molecule has 0 unspecified atom stereocenters. The second-order valence-corrected chi connectivity index (χ2v) is 8.92. The normalized spacial score (nSPS) is 20.1. The molecule has 2 aliphatic rings. The lowest BCUT2D eigenvalue weighted by molar-refractivity contribution is 0.177. The van der Waals surface area contributed by atoms with Gasteiger partial charge in [0.15, 0.2) is 0 Å². The molecular weight excluding hydrogens is 428 g/mol. The Morgan fingerprint density at radius 2 is 1.97 bits per heavy atom. The second-order valence-electron chi connectivity index (χ2n) is 8.92. The van der Waals surface area contributed by atoms with E-state index in [1.165, 1.54) is 5.56 Å². The first-order valence-corrected chi connectivity index (χ1v) is 11.3. The molecule has 1 saturated heterocycles. The number of aromatic nitrogens is 1. The minimum absolute atomic E-state index is 0.0467. The van der Waals surface area contributed by atoms with Crippen molar-refractivity contribution in [1.82, 2.24) is 14.8 Å². The average Bonchev–Trinajstić information content (AvgIpc) is 3.24. The maximum Gasteiger partial charge on any atom is 0.322 e. The van der Waals surface area contributed by atoms with E-state index in [1.54, 1.807) is 31.5 Å². The Hall–Kier alpha value is -3.91. The monoisotopic (exact) mass is 456 g/mol. The van der Waals surface area contributed by atoms with Gasteiger partial charge in [-0.2, -0.15) is 0 Å². The molecule has 8 heteroatoms. The van der Waals surface area contributed by atoms with E-state index in [4.69, 9.17) is 15.9 Å². The molecule has 5 rings (SSSR count). The zero-order valence-electron chi connectivity index (χ0n) is 19.3. The molecule has 2 amide bonds. The number of benzene rings is 2. The lowest BCUT2D eigenvalue weighted by Gasteiger charge is -2.37. The minimum atomic E-state index is -0.116. The van der Waals surface area contributed by atoms with E-state index in [1.807, 2.05) is 29.2 Å². The van der Waals surface area contributed by atoms with Crippen LogP contribution in [0.1, 0.15) is 28.2 Å². The molecule has 0 radical (unpaired) electrons. The topological polar surface area (TPSA) is 108 Å². The first-order valence-electron chi connectivity index (χ1n) is 11.3. The van der Waals surface area contributed by atoms with Crippen LogP contribution in [0.4, 0.5) is 16.2 Å². The van der Waals surface area contributed by atoms with Crippen molar-refractivity contribution in [3.63, 3.8) is 0 Å². The Morgan fingerprint density at radius 1 is 1.18 bits per heavy atom. The summed E-state index contributed by atoms with van der Waals surface area (Å²) in [5, 5.41) is 11.8. The summed E-state index contributed by atoms with van der Waals surface area (Å²) in [6.45, 7) is 2.16. The van der Waals surface area contributed by atoms with Gasteiger partial charge in [0.1, 0.15) is 0 Å². The molecule has 3 heterocycles. The number of anilines is 2. The van der Waals surface area contributed by atoms with Crippen LogP contribution >= 0.6 is 0 Å². The van der Waals surface area contributed by atoms with Gasteiger partial charge >= 0.3 is 6.03 Å². The number of nitrogens with two attached hydrogens (primary N) is 1. The fourth-order valence-corrected chi connectivity index (χ4v) is 4.99. The molecule has 8 nitrogen and oxygen atoms in total. The van der Waals surface area contributed by atoms with Crippen molar-refractivity contribution >= 4 is 23.1 Å². The highest BCUT2D eigenvalue weighted by molar-refractivity contribution is 6.14. The van der Waals surface area contributed by atoms with Crippen LogP contribution in [0.3, 0.4) is 0 Å². The standard InChI is InChI=1S/C26H28N6O2/c1-31-14-20(16-6-4-3-5-7-16)23(15-31)32-13-18-10-19(21(27)12-22(18)30-26(32)33)25(28)17-8-9-29-24(11-17)34-2/h3-12,20,23,28H,13-15,27H2,1-2H3,(H,30,33)/t20-,23+/m0/s1. The Bertz CT molecular complexity index is 1250. The zero-order chi connectivity index (χ0) is 23.8. The lowest BCUT2D eigenvalue weighted by atomic mass is 9.92. The van der Waals surface area contributed by atoms with Crippen LogP contribution in [0.15, 0.2) is 60.8 Å². The van der Waals surface area contributed by atoms with Gasteiger partial charge in [-0.1, -0.05) is 30.3 Å². The van der Waals surface area contributed by atoms with Gasteiger partial charge in [0.25, 0.3) is 0 Å². The molecule has 2 atom stereocenters. The molecule has 0 aliphatic carbocycles. The van der Waals surface area contributed by atoms with Crippen LogP contribution < -0.4 is 15.8 Å². The average molecular weight is 457 g/mol. The Balaban J connectivity index is 1.46. The highest BCUT2D eigenvalue weighted by atomic mass is 16.5.